The molecule has 0 aliphatic rings. The van der Waals surface area contributed by atoms with Gasteiger partial charge in [-0.3, -0.25) is 4.98 Å². The summed E-state index contributed by atoms with van der Waals surface area (Å²) < 4.78 is 51.2. The molecule has 128 valence electrons. The van der Waals surface area contributed by atoms with Crippen molar-refractivity contribution in [3.05, 3.63) is 71.9 Å². The second-order valence-electron chi connectivity index (χ2n) is 5.78. The maximum Gasteiger partial charge on any atom is 0.178 e. The average Bonchev–Trinajstić information content (AvgIpc) is 2.56. The Morgan fingerprint density at radius 3 is 2.24 bits per heavy atom. The minimum atomic E-state index is -3.65. The normalized spacial score (nSPS) is 11.5. The van der Waals surface area contributed by atoms with E-state index in [-0.39, 0.29) is 10.7 Å². The van der Waals surface area contributed by atoms with Gasteiger partial charge in [0.25, 0.3) is 0 Å². The smallest absolute Gasteiger partial charge is 0.178 e. The summed E-state index contributed by atoms with van der Waals surface area (Å²) in [7, 11) is -3.65. The molecule has 0 saturated heterocycles. The van der Waals surface area contributed by atoms with Gasteiger partial charge in [-0.25, -0.2) is 17.2 Å². The van der Waals surface area contributed by atoms with Crippen LogP contribution in [0.3, 0.4) is 0 Å². The summed E-state index contributed by atoms with van der Waals surface area (Å²) in [5.41, 5.74) is 2.63. The number of aryl methyl sites for hydroxylation is 1. The number of benzene rings is 2. The highest BCUT2D eigenvalue weighted by Crippen LogP contribution is 2.32. The first-order chi connectivity index (χ1) is 11.8. The fourth-order valence-electron chi connectivity index (χ4n) is 2.58. The van der Waals surface area contributed by atoms with Gasteiger partial charge in [0.15, 0.2) is 9.84 Å². The standard InChI is InChI=1S/C19H15F2NO2S/c1-12-5-6-13(10-16(12)20)15-4-3-9-22-19(15)14-7-8-18(17(21)11-14)25(2,23)24/h3-11H,1-2H3. The Kier molecular flexibility index (Phi) is 4.39. The van der Waals surface area contributed by atoms with Gasteiger partial charge in [0.1, 0.15) is 16.5 Å². The van der Waals surface area contributed by atoms with Crippen molar-refractivity contribution in [3.8, 4) is 22.4 Å². The Balaban J connectivity index is 2.16. The highest BCUT2D eigenvalue weighted by Gasteiger charge is 2.16. The summed E-state index contributed by atoms with van der Waals surface area (Å²) in [6.45, 7) is 1.67. The van der Waals surface area contributed by atoms with Crippen molar-refractivity contribution >= 4 is 9.84 Å². The summed E-state index contributed by atoms with van der Waals surface area (Å²) in [6.07, 6.45) is 2.50. The number of pyridine rings is 1. The Labute approximate surface area is 144 Å². The molecule has 0 bridgehead atoms. The molecule has 3 rings (SSSR count). The lowest BCUT2D eigenvalue weighted by atomic mass is 9.98. The molecular formula is C19H15F2NO2S. The van der Waals surface area contributed by atoms with E-state index in [1.165, 1.54) is 18.2 Å². The van der Waals surface area contributed by atoms with Crippen LogP contribution in [0.1, 0.15) is 5.56 Å². The second kappa shape index (κ2) is 6.37. The van der Waals surface area contributed by atoms with Crippen LogP contribution in [0.2, 0.25) is 0 Å². The van der Waals surface area contributed by atoms with Gasteiger partial charge in [0.2, 0.25) is 0 Å². The van der Waals surface area contributed by atoms with Gasteiger partial charge >= 0.3 is 0 Å². The van der Waals surface area contributed by atoms with Gasteiger partial charge in [-0.2, -0.15) is 0 Å². The summed E-state index contributed by atoms with van der Waals surface area (Å²) in [5, 5.41) is 0. The number of halogens is 2. The first-order valence-corrected chi connectivity index (χ1v) is 9.38. The van der Waals surface area contributed by atoms with Gasteiger partial charge in [0, 0.05) is 23.6 Å². The molecule has 0 saturated carbocycles. The zero-order chi connectivity index (χ0) is 18.2. The predicted octanol–water partition coefficient (Wildman–Crippen LogP) is 4.41. The molecule has 0 N–H and O–H groups in total. The van der Waals surface area contributed by atoms with Crippen LogP contribution in [0.5, 0.6) is 0 Å². The highest BCUT2D eigenvalue weighted by atomic mass is 32.2. The molecule has 0 atom stereocenters. The van der Waals surface area contributed by atoms with Gasteiger partial charge in [-0.05, 0) is 42.3 Å². The van der Waals surface area contributed by atoms with Crippen molar-refractivity contribution in [2.24, 2.45) is 0 Å². The van der Waals surface area contributed by atoms with Gasteiger partial charge in [-0.1, -0.05) is 24.3 Å². The number of rotatable bonds is 3. The molecule has 0 amide bonds. The maximum absolute atomic E-state index is 14.2. The van der Waals surface area contributed by atoms with Crippen molar-refractivity contribution in [3.63, 3.8) is 0 Å². The van der Waals surface area contributed by atoms with E-state index in [0.717, 1.165) is 12.3 Å². The molecule has 2 aromatic carbocycles. The minimum absolute atomic E-state index is 0.342. The fourth-order valence-corrected chi connectivity index (χ4v) is 3.31. The molecular weight excluding hydrogens is 344 g/mol. The van der Waals surface area contributed by atoms with Gasteiger partial charge in [0.05, 0.1) is 5.69 Å². The summed E-state index contributed by atoms with van der Waals surface area (Å²) >= 11 is 0. The van der Waals surface area contributed by atoms with E-state index in [2.05, 4.69) is 4.98 Å². The molecule has 0 aliphatic heterocycles. The number of hydrogen-bond donors (Lipinski definition) is 0. The van der Waals surface area contributed by atoms with Crippen molar-refractivity contribution in [2.45, 2.75) is 11.8 Å². The van der Waals surface area contributed by atoms with Crippen LogP contribution in [0.15, 0.2) is 59.6 Å². The molecule has 0 unspecified atom stereocenters. The van der Waals surface area contributed by atoms with Gasteiger partial charge in [-0.15, -0.1) is 0 Å². The molecule has 3 aromatic rings. The third-order valence-electron chi connectivity index (χ3n) is 3.90. The summed E-state index contributed by atoms with van der Waals surface area (Å²) in [6, 6.07) is 12.1. The monoisotopic (exact) mass is 359 g/mol. The first-order valence-electron chi connectivity index (χ1n) is 7.49. The second-order valence-corrected chi connectivity index (χ2v) is 7.77. The molecule has 1 aromatic heterocycles. The third-order valence-corrected chi connectivity index (χ3v) is 5.03. The molecule has 6 heteroatoms. The highest BCUT2D eigenvalue weighted by molar-refractivity contribution is 7.90. The van der Waals surface area contributed by atoms with Crippen molar-refractivity contribution in [2.75, 3.05) is 6.26 Å². The SMILES string of the molecule is Cc1ccc(-c2cccnc2-c2ccc(S(C)(=O)=O)c(F)c2)cc1F. The Hall–Kier alpha value is -2.60. The molecule has 0 aliphatic carbocycles. The quantitative estimate of drug-likeness (QED) is 0.696. The van der Waals surface area contributed by atoms with Crippen LogP contribution < -0.4 is 0 Å². The van der Waals surface area contributed by atoms with E-state index in [1.807, 2.05) is 0 Å². The van der Waals surface area contributed by atoms with E-state index in [0.29, 0.717) is 27.9 Å². The van der Waals surface area contributed by atoms with Crippen LogP contribution in [0, 0.1) is 18.6 Å². The lowest BCUT2D eigenvalue weighted by Gasteiger charge is -2.11. The zero-order valence-electron chi connectivity index (χ0n) is 13.6. The molecule has 0 radical (unpaired) electrons. The topological polar surface area (TPSA) is 47.0 Å². The third kappa shape index (κ3) is 3.44. The minimum Gasteiger partial charge on any atom is -0.256 e. The van der Waals surface area contributed by atoms with E-state index in [1.54, 1.807) is 37.4 Å². The predicted molar refractivity (Wildman–Crippen MR) is 92.9 cm³/mol. The number of nitrogens with zero attached hydrogens (tertiary/aromatic N) is 1. The molecule has 1 heterocycles. The Morgan fingerprint density at radius 1 is 0.920 bits per heavy atom. The van der Waals surface area contributed by atoms with Crippen LogP contribution in [-0.2, 0) is 9.84 Å². The van der Waals surface area contributed by atoms with Crippen molar-refractivity contribution < 1.29 is 17.2 Å². The maximum atomic E-state index is 14.2. The van der Waals surface area contributed by atoms with Gasteiger partial charge < -0.3 is 0 Å². The summed E-state index contributed by atoms with van der Waals surface area (Å²) in [4.78, 5) is 3.91. The molecule has 0 fully saturated rings. The molecule has 25 heavy (non-hydrogen) atoms. The average molecular weight is 359 g/mol. The van der Waals surface area contributed by atoms with Crippen LogP contribution >= 0.6 is 0 Å². The largest absolute Gasteiger partial charge is 0.256 e. The summed E-state index contributed by atoms with van der Waals surface area (Å²) in [5.74, 6) is -1.18. The van der Waals surface area contributed by atoms with Crippen LogP contribution in [-0.4, -0.2) is 19.7 Å². The van der Waals surface area contributed by atoms with Crippen LogP contribution in [0.4, 0.5) is 8.78 Å². The van der Waals surface area contributed by atoms with Crippen LogP contribution in [0.25, 0.3) is 22.4 Å². The van der Waals surface area contributed by atoms with E-state index in [4.69, 9.17) is 0 Å². The van der Waals surface area contributed by atoms with Crippen molar-refractivity contribution in [1.82, 2.24) is 4.98 Å². The number of aromatic nitrogens is 1. The lowest BCUT2D eigenvalue weighted by molar-refractivity contribution is 0.571. The Bertz CT molecular complexity index is 1060. The fraction of sp³-hybridized carbons (Fsp3) is 0.105. The number of hydrogen-bond acceptors (Lipinski definition) is 3. The zero-order valence-corrected chi connectivity index (χ0v) is 14.4. The molecule has 0 spiro atoms. The Morgan fingerprint density at radius 2 is 1.60 bits per heavy atom. The van der Waals surface area contributed by atoms with E-state index >= 15 is 0 Å². The first kappa shape index (κ1) is 17.2. The van der Waals surface area contributed by atoms with E-state index in [9.17, 15) is 17.2 Å². The number of sulfone groups is 1. The lowest BCUT2D eigenvalue weighted by Crippen LogP contribution is -2.01. The van der Waals surface area contributed by atoms with E-state index < -0.39 is 15.7 Å². The van der Waals surface area contributed by atoms with Crippen molar-refractivity contribution in [1.29, 1.82) is 0 Å². The molecule has 3 nitrogen and oxygen atoms in total.